The molecule has 0 bridgehead atoms. The van der Waals surface area contributed by atoms with Crippen LogP contribution in [0.2, 0.25) is 0 Å². The third-order valence-electron chi connectivity index (χ3n) is 3.12. The number of hydrogen-bond acceptors (Lipinski definition) is 1. The summed E-state index contributed by atoms with van der Waals surface area (Å²) in [4.78, 5) is 0. The van der Waals surface area contributed by atoms with Crippen molar-refractivity contribution in [2.24, 2.45) is 5.92 Å². The van der Waals surface area contributed by atoms with Crippen LogP contribution in [0.4, 0.5) is 0 Å². The van der Waals surface area contributed by atoms with Crippen LogP contribution in [0.5, 0.6) is 0 Å². The number of allylic oxidation sites excluding steroid dienone is 2. The zero-order chi connectivity index (χ0) is 12.1. The first kappa shape index (κ1) is 11.9. The summed E-state index contributed by atoms with van der Waals surface area (Å²) in [5.41, 5.74) is 3.87. The van der Waals surface area contributed by atoms with Gasteiger partial charge in [-0.25, -0.2) is 0 Å². The van der Waals surface area contributed by atoms with Crippen molar-refractivity contribution in [2.45, 2.75) is 6.92 Å². The summed E-state index contributed by atoms with van der Waals surface area (Å²) in [6, 6.07) is 10.3. The summed E-state index contributed by atoms with van der Waals surface area (Å²) >= 11 is 0. The fourth-order valence-corrected chi connectivity index (χ4v) is 2.01. The number of hydrogen-bond donors (Lipinski definition) is 0. The molecule has 0 saturated carbocycles. The van der Waals surface area contributed by atoms with Gasteiger partial charge in [-0.15, -0.1) is 6.58 Å². The topological polar surface area (TPSA) is 9.23 Å². The zero-order valence-corrected chi connectivity index (χ0v) is 10.2. The second-order valence-electron chi connectivity index (χ2n) is 4.31. The predicted molar refractivity (Wildman–Crippen MR) is 72.7 cm³/mol. The molecule has 1 saturated heterocycles. The fraction of sp³-hybridized carbons (Fsp3) is 0.250. The highest BCUT2D eigenvalue weighted by Gasteiger charge is 2.19. The predicted octanol–water partition coefficient (Wildman–Crippen LogP) is 3.85. The van der Waals surface area contributed by atoms with Gasteiger partial charge in [-0.2, -0.15) is 0 Å². The van der Waals surface area contributed by atoms with Gasteiger partial charge in [0.2, 0.25) is 0 Å². The molecule has 1 aliphatic rings. The lowest BCUT2D eigenvalue weighted by molar-refractivity contribution is 0.195. The Morgan fingerprint density at radius 2 is 2.12 bits per heavy atom. The van der Waals surface area contributed by atoms with E-state index in [1.165, 1.54) is 16.7 Å². The first-order chi connectivity index (χ1) is 8.31. The van der Waals surface area contributed by atoms with Gasteiger partial charge in [0.05, 0.1) is 13.2 Å². The molecular formula is C16H18O. The van der Waals surface area contributed by atoms with Crippen molar-refractivity contribution in [1.29, 1.82) is 0 Å². The van der Waals surface area contributed by atoms with E-state index in [2.05, 4.69) is 37.8 Å². The van der Waals surface area contributed by atoms with Gasteiger partial charge in [-0.3, -0.25) is 0 Å². The Labute approximate surface area is 103 Å². The molecule has 1 fully saturated rings. The first-order valence-corrected chi connectivity index (χ1v) is 5.94. The van der Waals surface area contributed by atoms with E-state index in [0.29, 0.717) is 5.92 Å². The van der Waals surface area contributed by atoms with Gasteiger partial charge in [-0.05, 0) is 23.6 Å². The van der Waals surface area contributed by atoms with Gasteiger partial charge < -0.3 is 4.74 Å². The highest BCUT2D eigenvalue weighted by molar-refractivity contribution is 5.53. The van der Waals surface area contributed by atoms with Crippen LogP contribution in [0.1, 0.15) is 12.5 Å². The Morgan fingerprint density at radius 3 is 2.82 bits per heavy atom. The van der Waals surface area contributed by atoms with Crippen molar-refractivity contribution in [3.05, 3.63) is 65.8 Å². The Hall–Kier alpha value is -1.60. The Balaban J connectivity index is 2.15. The van der Waals surface area contributed by atoms with Crippen LogP contribution in [0.25, 0.3) is 6.08 Å². The smallest absolute Gasteiger partial charge is 0.0689 e. The monoisotopic (exact) mass is 226 g/mol. The van der Waals surface area contributed by atoms with Crippen LogP contribution in [0.3, 0.4) is 0 Å². The van der Waals surface area contributed by atoms with Crippen molar-refractivity contribution in [2.75, 3.05) is 13.2 Å². The molecule has 1 heteroatoms. The van der Waals surface area contributed by atoms with E-state index in [4.69, 9.17) is 4.74 Å². The highest BCUT2D eigenvalue weighted by atomic mass is 16.5. The molecule has 1 nitrogen and oxygen atoms in total. The van der Waals surface area contributed by atoms with E-state index >= 15 is 0 Å². The Kier molecular flexibility index (Phi) is 3.94. The maximum absolute atomic E-state index is 5.47. The van der Waals surface area contributed by atoms with Crippen molar-refractivity contribution in [1.82, 2.24) is 0 Å². The summed E-state index contributed by atoms with van der Waals surface area (Å²) in [6.07, 6.45) is 6.28. The molecular weight excluding hydrogens is 208 g/mol. The minimum absolute atomic E-state index is 0.385. The molecule has 1 aliphatic heterocycles. The molecule has 1 aromatic carbocycles. The Bertz CT molecular complexity index is 440. The lowest BCUT2D eigenvalue weighted by Crippen LogP contribution is -1.98. The van der Waals surface area contributed by atoms with Gasteiger partial charge >= 0.3 is 0 Å². The lowest BCUT2D eigenvalue weighted by Gasteiger charge is -2.05. The van der Waals surface area contributed by atoms with Crippen LogP contribution < -0.4 is 0 Å². The summed E-state index contributed by atoms with van der Waals surface area (Å²) in [5, 5.41) is 0. The first-order valence-electron chi connectivity index (χ1n) is 5.94. The number of rotatable bonds is 3. The highest BCUT2D eigenvalue weighted by Crippen LogP contribution is 2.24. The molecule has 0 spiro atoms. The minimum atomic E-state index is 0.385. The molecule has 0 amide bonds. The van der Waals surface area contributed by atoms with Crippen LogP contribution in [0, 0.1) is 5.92 Å². The molecule has 1 aromatic rings. The fourth-order valence-electron chi connectivity index (χ4n) is 2.01. The third kappa shape index (κ3) is 2.95. The van der Waals surface area contributed by atoms with E-state index in [1.54, 1.807) is 0 Å². The maximum Gasteiger partial charge on any atom is 0.0689 e. The van der Waals surface area contributed by atoms with Gasteiger partial charge in [0.15, 0.2) is 0 Å². The van der Waals surface area contributed by atoms with E-state index < -0.39 is 0 Å². The lowest BCUT2D eigenvalue weighted by atomic mass is 9.97. The largest absolute Gasteiger partial charge is 0.376 e. The van der Waals surface area contributed by atoms with Gasteiger partial charge in [0.1, 0.15) is 0 Å². The van der Waals surface area contributed by atoms with Gasteiger partial charge in [0.25, 0.3) is 0 Å². The number of ether oxygens (including phenoxy) is 1. The summed E-state index contributed by atoms with van der Waals surface area (Å²) in [6.45, 7) is 7.51. The molecule has 0 aromatic heterocycles. The zero-order valence-electron chi connectivity index (χ0n) is 10.2. The molecule has 1 atom stereocenters. The van der Waals surface area contributed by atoms with Crippen molar-refractivity contribution >= 4 is 6.08 Å². The molecule has 0 N–H and O–H groups in total. The SMILES string of the molecule is C=CC1COC/C1=C(C)\C=C\c1ccccc1. The summed E-state index contributed by atoms with van der Waals surface area (Å²) < 4.78 is 5.47. The van der Waals surface area contributed by atoms with E-state index in [0.717, 1.165) is 13.2 Å². The summed E-state index contributed by atoms with van der Waals surface area (Å²) in [7, 11) is 0. The minimum Gasteiger partial charge on any atom is -0.376 e. The van der Waals surface area contributed by atoms with E-state index in [1.807, 2.05) is 24.3 Å². The van der Waals surface area contributed by atoms with Crippen LogP contribution in [-0.2, 0) is 4.74 Å². The Morgan fingerprint density at radius 1 is 1.35 bits per heavy atom. The van der Waals surface area contributed by atoms with Crippen molar-refractivity contribution in [3.63, 3.8) is 0 Å². The van der Waals surface area contributed by atoms with E-state index in [9.17, 15) is 0 Å². The molecule has 0 aliphatic carbocycles. The number of benzene rings is 1. The molecule has 88 valence electrons. The van der Waals surface area contributed by atoms with Crippen LogP contribution >= 0.6 is 0 Å². The second kappa shape index (κ2) is 5.65. The average Bonchev–Trinajstić information content (AvgIpc) is 2.85. The summed E-state index contributed by atoms with van der Waals surface area (Å²) in [5.74, 6) is 0.385. The average molecular weight is 226 g/mol. The molecule has 1 unspecified atom stereocenters. The van der Waals surface area contributed by atoms with Gasteiger partial charge in [0, 0.05) is 5.92 Å². The van der Waals surface area contributed by atoms with E-state index in [-0.39, 0.29) is 0 Å². The molecule has 0 radical (unpaired) electrons. The molecule has 17 heavy (non-hydrogen) atoms. The van der Waals surface area contributed by atoms with Crippen molar-refractivity contribution < 1.29 is 4.74 Å². The van der Waals surface area contributed by atoms with Crippen LogP contribution in [0.15, 0.2) is 60.2 Å². The standard InChI is InChI=1S/C16H18O/c1-3-15-11-17-12-16(15)13(2)9-10-14-7-5-4-6-8-14/h3-10,15H,1,11-12H2,2H3/b10-9+,16-13+. The second-order valence-corrected chi connectivity index (χ2v) is 4.31. The van der Waals surface area contributed by atoms with Crippen LogP contribution in [-0.4, -0.2) is 13.2 Å². The quantitative estimate of drug-likeness (QED) is 0.711. The normalized spacial score (nSPS) is 23.0. The molecule has 2 rings (SSSR count). The maximum atomic E-state index is 5.47. The third-order valence-corrected chi connectivity index (χ3v) is 3.12. The van der Waals surface area contributed by atoms with Gasteiger partial charge in [-0.1, -0.05) is 48.6 Å². The van der Waals surface area contributed by atoms with Crippen molar-refractivity contribution in [3.8, 4) is 0 Å². The molecule has 1 heterocycles.